The van der Waals surface area contributed by atoms with Crippen molar-refractivity contribution in [2.24, 2.45) is 5.73 Å². The van der Waals surface area contributed by atoms with Crippen molar-refractivity contribution in [3.63, 3.8) is 0 Å². The molecule has 2 aromatic heterocycles. The van der Waals surface area contributed by atoms with Crippen LogP contribution in [-0.2, 0) is 24.2 Å². The standard InChI is InChI=1S/C20H24N4O3S2/c21-18(6-14-4-2-1-3-5-14)19(25)8-15(7-16-9-22-12-28-16)24-20(26)27-11-17-10-23-13-29-17/h1-5,9-10,12-13,15,18-19,25H,6-8,11,21H2,(H,24,26)/t15-,18+,19+/m1/s1. The summed E-state index contributed by atoms with van der Waals surface area (Å²) < 4.78 is 5.27. The zero-order valence-electron chi connectivity index (χ0n) is 15.8. The molecule has 7 nitrogen and oxygen atoms in total. The number of benzene rings is 1. The van der Waals surface area contributed by atoms with Gasteiger partial charge in [0.2, 0.25) is 0 Å². The van der Waals surface area contributed by atoms with E-state index in [0.29, 0.717) is 19.3 Å². The van der Waals surface area contributed by atoms with Crippen molar-refractivity contribution in [3.8, 4) is 0 Å². The number of thiazole rings is 2. The molecule has 1 aromatic carbocycles. The Bertz CT molecular complexity index is 844. The van der Waals surface area contributed by atoms with Crippen LogP contribution in [0.3, 0.4) is 0 Å². The van der Waals surface area contributed by atoms with Gasteiger partial charge in [-0.05, 0) is 18.4 Å². The first-order valence-corrected chi connectivity index (χ1v) is 11.0. The second-order valence-corrected chi connectivity index (χ2v) is 8.66. The molecule has 3 aromatic rings. The fraction of sp³-hybridized carbons (Fsp3) is 0.350. The minimum absolute atomic E-state index is 0.167. The molecule has 2 heterocycles. The summed E-state index contributed by atoms with van der Waals surface area (Å²) in [4.78, 5) is 22.2. The van der Waals surface area contributed by atoms with Crippen LogP contribution in [0.1, 0.15) is 21.7 Å². The van der Waals surface area contributed by atoms with E-state index in [2.05, 4.69) is 15.3 Å². The lowest BCUT2D eigenvalue weighted by molar-refractivity contribution is 0.110. The molecule has 0 bridgehead atoms. The highest BCUT2D eigenvalue weighted by Gasteiger charge is 2.23. The number of aliphatic hydroxyl groups is 1. The average molecular weight is 433 g/mol. The Morgan fingerprint density at radius 2 is 1.79 bits per heavy atom. The molecule has 0 aliphatic rings. The molecule has 29 heavy (non-hydrogen) atoms. The van der Waals surface area contributed by atoms with Gasteiger partial charge in [-0.2, -0.15) is 0 Å². The van der Waals surface area contributed by atoms with Gasteiger partial charge in [-0.1, -0.05) is 30.3 Å². The number of alkyl carbamates (subject to hydrolysis) is 1. The third-order valence-electron chi connectivity index (χ3n) is 4.42. The third kappa shape index (κ3) is 7.21. The molecule has 0 unspecified atom stereocenters. The van der Waals surface area contributed by atoms with Gasteiger partial charge in [0.1, 0.15) is 6.61 Å². The van der Waals surface area contributed by atoms with E-state index in [0.717, 1.165) is 15.3 Å². The highest BCUT2D eigenvalue weighted by molar-refractivity contribution is 7.09. The summed E-state index contributed by atoms with van der Waals surface area (Å²) in [6.45, 7) is 0.167. The first kappa shape index (κ1) is 21.4. The lowest BCUT2D eigenvalue weighted by Crippen LogP contribution is -2.44. The number of nitrogens with zero attached hydrogens (tertiary/aromatic N) is 2. The minimum atomic E-state index is -0.769. The van der Waals surface area contributed by atoms with E-state index >= 15 is 0 Å². The summed E-state index contributed by atoms with van der Waals surface area (Å²) in [5.41, 5.74) is 10.7. The van der Waals surface area contributed by atoms with E-state index in [-0.39, 0.29) is 12.6 Å². The highest BCUT2D eigenvalue weighted by Crippen LogP contribution is 2.15. The lowest BCUT2D eigenvalue weighted by atomic mass is 9.96. The maximum atomic E-state index is 12.2. The molecule has 0 saturated carbocycles. The first-order valence-electron chi connectivity index (χ1n) is 9.25. The molecule has 3 atom stereocenters. The zero-order valence-corrected chi connectivity index (χ0v) is 17.4. The first-order chi connectivity index (χ1) is 14.1. The number of nitrogens with one attached hydrogen (secondary N) is 1. The van der Waals surface area contributed by atoms with Crippen LogP contribution in [0.4, 0.5) is 4.79 Å². The fourth-order valence-electron chi connectivity index (χ4n) is 2.93. The van der Waals surface area contributed by atoms with Crippen molar-refractivity contribution in [1.29, 1.82) is 0 Å². The zero-order chi connectivity index (χ0) is 20.5. The molecule has 0 aliphatic heterocycles. The molecule has 4 N–H and O–H groups in total. The van der Waals surface area contributed by atoms with Gasteiger partial charge in [0.25, 0.3) is 0 Å². The quantitative estimate of drug-likeness (QED) is 0.454. The topological polar surface area (TPSA) is 110 Å². The van der Waals surface area contributed by atoms with E-state index < -0.39 is 18.2 Å². The summed E-state index contributed by atoms with van der Waals surface area (Å²) in [5.74, 6) is 0. The van der Waals surface area contributed by atoms with Gasteiger partial charge < -0.3 is 20.9 Å². The van der Waals surface area contributed by atoms with Crippen molar-refractivity contribution in [1.82, 2.24) is 15.3 Å². The monoisotopic (exact) mass is 432 g/mol. The normalized spacial score (nSPS) is 14.1. The summed E-state index contributed by atoms with van der Waals surface area (Å²) in [5, 5.41) is 13.5. The number of amides is 1. The molecule has 0 aliphatic carbocycles. The van der Waals surface area contributed by atoms with Gasteiger partial charge in [0.05, 0.1) is 22.0 Å². The number of aromatic nitrogens is 2. The minimum Gasteiger partial charge on any atom is -0.444 e. The van der Waals surface area contributed by atoms with Crippen LogP contribution in [-0.4, -0.2) is 39.4 Å². The van der Waals surface area contributed by atoms with E-state index in [9.17, 15) is 9.90 Å². The van der Waals surface area contributed by atoms with E-state index in [1.165, 1.54) is 22.7 Å². The number of hydrogen-bond donors (Lipinski definition) is 3. The van der Waals surface area contributed by atoms with Crippen LogP contribution in [0.15, 0.2) is 53.7 Å². The molecule has 9 heteroatoms. The van der Waals surface area contributed by atoms with Crippen molar-refractivity contribution >= 4 is 28.8 Å². The molecule has 154 valence electrons. The van der Waals surface area contributed by atoms with Crippen LogP contribution < -0.4 is 11.1 Å². The van der Waals surface area contributed by atoms with Gasteiger partial charge >= 0.3 is 6.09 Å². The Balaban J connectivity index is 1.56. The number of nitrogens with two attached hydrogens (primary N) is 1. The fourth-order valence-corrected chi connectivity index (χ4v) is 4.11. The number of carbonyl (C=O) groups excluding carboxylic acids is 1. The van der Waals surface area contributed by atoms with Crippen molar-refractivity contribution in [2.45, 2.75) is 44.1 Å². The predicted octanol–water partition coefficient (Wildman–Crippen LogP) is 2.76. The number of carbonyl (C=O) groups is 1. The third-order valence-corrected chi connectivity index (χ3v) is 5.97. The lowest BCUT2D eigenvalue weighted by Gasteiger charge is -2.25. The molecule has 0 saturated heterocycles. The Labute approximate surface area is 177 Å². The van der Waals surface area contributed by atoms with Crippen LogP contribution >= 0.6 is 22.7 Å². The predicted molar refractivity (Wildman–Crippen MR) is 114 cm³/mol. The maximum absolute atomic E-state index is 12.2. The molecule has 0 radical (unpaired) electrons. The van der Waals surface area contributed by atoms with Crippen LogP contribution in [0.5, 0.6) is 0 Å². The second kappa shape index (κ2) is 11.0. The van der Waals surface area contributed by atoms with Crippen LogP contribution in [0, 0.1) is 0 Å². The Kier molecular flexibility index (Phi) is 8.12. The van der Waals surface area contributed by atoms with Gasteiger partial charge in [-0.15, -0.1) is 22.7 Å². The summed E-state index contributed by atoms with van der Waals surface area (Å²) >= 11 is 2.93. The van der Waals surface area contributed by atoms with Crippen LogP contribution in [0.2, 0.25) is 0 Å². The molecule has 1 amide bonds. The van der Waals surface area contributed by atoms with Crippen molar-refractivity contribution in [3.05, 3.63) is 69.1 Å². The van der Waals surface area contributed by atoms with E-state index in [4.69, 9.17) is 10.5 Å². The number of ether oxygens (including phenoxy) is 1. The van der Waals surface area contributed by atoms with Gasteiger partial charge in [0, 0.05) is 35.8 Å². The number of hydrogen-bond acceptors (Lipinski definition) is 8. The molecule has 0 spiro atoms. The Morgan fingerprint density at radius 1 is 1.10 bits per heavy atom. The van der Waals surface area contributed by atoms with E-state index in [1.807, 2.05) is 30.3 Å². The number of rotatable bonds is 10. The summed E-state index contributed by atoms with van der Waals surface area (Å²) in [6.07, 6.45) is 3.56. The maximum Gasteiger partial charge on any atom is 0.407 e. The van der Waals surface area contributed by atoms with Crippen molar-refractivity contribution in [2.75, 3.05) is 0 Å². The van der Waals surface area contributed by atoms with Gasteiger partial charge in [-0.25, -0.2) is 4.79 Å². The average Bonchev–Trinajstić information content (AvgIpc) is 3.41. The highest BCUT2D eigenvalue weighted by atomic mass is 32.1. The van der Waals surface area contributed by atoms with Gasteiger partial charge in [-0.3, -0.25) is 9.97 Å². The molecule has 3 rings (SSSR count). The van der Waals surface area contributed by atoms with Crippen molar-refractivity contribution < 1.29 is 14.6 Å². The largest absolute Gasteiger partial charge is 0.444 e. The number of aliphatic hydroxyl groups excluding tert-OH is 1. The molecule has 0 fully saturated rings. The SMILES string of the molecule is N[C@@H](Cc1ccccc1)[C@@H](O)C[C@@H](Cc1cncs1)NC(=O)OCc1cncs1. The smallest absolute Gasteiger partial charge is 0.407 e. The molecular formula is C20H24N4O3S2. The molecular weight excluding hydrogens is 408 g/mol. The van der Waals surface area contributed by atoms with Crippen LogP contribution in [0.25, 0.3) is 0 Å². The Morgan fingerprint density at radius 3 is 2.45 bits per heavy atom. The second-order valence-electron chi connectivity index (χ2n) is 6.71. The Hall–Kier alpha value is -2.33. The summed E-state index contributed by atoms with van der Waals surface area (Å²) in [6, 6.07) is 9.05. The van der Waals surface area contributed by atoms with Gasteiger partial charge in [0.15, 0.2) is 0 Å². The van der Waals surface area contributed by atoms with E-state index in [1.54, 1.807) is 23.4 Å². The summed E-state index contributed by atoms with van der Waals surface area (Å²) in [7, 11) is 0.